The molecule has 4 aromatic rings. The van der Waals surface area contributed by atoms with E-state index in [0.29, 0.717) is 27.4 Å². The molecule has 0 saturated heterocycles. The number of sulfonamides is 1. The van der Waals surface area contributed by atoms with Crippen LogP contribution in [-0.4, -0.2) is 51.4 Å². The molecule has 8 nitrogen and oxygen atoms in total. The number of ether oxygens (including phenoxy) is 1. The highest BCUT2D eigenvalue weighted by atomic mass is 79.9. The van der Waals surface area contributed by atoms with E-state index >= 15 is 0 Å². The molecule has 0 aliphatic heterocycles. The lowest BCUT2D eigenvalue weighted by Crippen LogP contribution is -2.53. The molecular formula is C33H33BrClN3O5S. The molecule has 0 bridgehead atoms. The van der Waals surface area contributed by atoms with E-state index in [4.69, 9.17) is 16.3 Å². The number of halogens is 2. The second-order valence-electron chi connectivity index (χ2n) is 9.86. The molecule has 0 spiro atoms. The Morgan fingerprint density at radius 1 is 0.909 bits per heavy atom. The lowest BCUT2D eigenvalue weighted by molar-refractivity contribution is -0.139. The quantitative estimate of drug-likeness (QED) is 0.183. The van der Waals surface area contributed by atoms with E-state index < -0.39 is 28.5 Å². The van der Waals surface area contributed by atoms with Crippen LogP contribution in [0.3, 0.4) is 0 Å². The van der Waals surface area contributed by atoms with E-state index in [0.717, 1.165) is 9.87 Å². The van der Waals surface area contributed by atoms with Crippen molar-refractivity contribution in [2.45, 2.75) is 30.8 Å². The molecule has 44 heavy (non-hydrogen) atoms. The fourth-order valence-corrected chi connectivity index (χ4v) is 6.58. The van der Waals surface area contributed by atoms with Crippen molar-refractivity contribution in [1.82, 2.24) is 10.2 Å². The summed E-state index contributed by atoms with van der Waals surface area (Å²) in [4.78, 5) is 29.1. The Morgan fingerprint density at radius 3 is 2.18 bits per heavy atom. The van der Waals surface area contributed by atoms with Crippen molar-refractivity contribution in [3.8, 4) is 5.75 Å². The number of nitrogens with one attached hydrogen (secondary N) is 1. The normalized spacial score (nSPS) is 11.8. The van der Waals surface area contributed by atoms with Crippen LogP contribution in [0, 0.1) is 0 Å². The summed E-state index contributed by atoms with van der Waals surface area (Å²) < 4.78 is 35.5. The minimum Gasteiger partial charge on any atom is -0.494 e. The smallest absolute Gasteiger partial charge is 0.264 e. The molecule has 4 aromatic carbocycles. The van der Waals surface area contributed by atoms with Gasteiger partial charge in [-0.05, 0) is 78.7 Å². The molecule has 11 heteroatoms. The minimum atomic E-state index is -4.21. The topological polar surface area (TPSA) is 96.0 Å². The maximum absolute atomic E-state index is 14.3. The number of hydrogen-bond donors (Lipinski definition) is 1. The molecule has 0 aliphatic rings. The molecule has 230 valence electrons. The zero-order valence-electron chi connectivity index (χ0n) is 24.3. The number of rotatable bonds is 13. The Bertz CT molecular complexity index is 1670. The SMILES string of the molecule is CCOc1ccc(N(CC(=O)N(Cc2cccc(Cl)c2)[C@H](Cc2ccccc2)C(=O)NC)S(=O)(=O)c2ccc(Br)cc2)cc1. The van der Waals surface area contributed by atoms with E-state index in [2.05, 4.69) is 21.2 Å². The van der Waals surface area contributed by atoms with Gasteiger partial charge in [0.25, 0.3) is 10.0 Å². The van der Waals surface area contributed by atoms with Crippen LogP contribution < -0.4 is 14.4 Å². The van der Waals surface area contributed by atoms with Crippen LogP contribution in [0.15, 0.2) is 112 Å². The number of anilines is 1. The number of hydrogen-bond acceptors (Lipinski definition) is 5. The van der Waals surface area contributed by atoms with Crippen LogP contribution in [0.25, 0.3) is 0 Å². The summed E-state index contributed by atoms with van der Waals surface area (Å²) in [7, 11) is -2.71. The van der Waals surface area contributed by atoms with Crippen molar-refractivity contribution < 1.29 is 22.7 Å². The van der Waals surface area contributed by atoms with Crippen molar-refractivity contribution in [3.63, 3.8) is 0 Å². The van der Waals surface area contributed by atoms with E-state index in [-0.39, 0.29) is 29.5 Å². The summed E-state index contributed by atoms with van der Waals surface area (Å²) in [6.45, 7) is 1.76. The van der Waals surface area contributed by atoms with Gasteiger partial charge in [-0.2, -0.15) is 0 Å². The molecule has 0 unspecified atom stereocenters. The lowest BCUT2D eigenvalue weighted by Gasteiger charge is -2.33. The fraction of sp³-hybridized carbons (Fsp3) is 0.212. The van der Waals surface area contributed by atoms with Gasteiger partial charge in [-0.25, -0.2) is 8.42 Å². The molecule has 1 atom stereocenters. The predicted octanol–water partition coefficient (Wildman–Crippen LogP) is 6.08. The second-order valence-corrected chi connectivity index (χ2v) is 13.1. The molecule has 0 aromatic heterocycles. The molecule has 4 rings (SSSR count). The van der Waals surface area contributed by atoms with Crippen LogP contribution in [-0.2, 0) is 32.6 Å². The third kappa shape index (κ3) is 8.40. The van der Waals surface area contributed by atoms with E-state index in [1.54, 1.807) is 60.7 Å². The molecular weight excluding hydrogens is 666 g/mol. The van der Waals surface area contributed by atoms with Crippen molar-refractivity contribution in [1.29, 1.82) is 0 Å². The Labute approximate surface area is 271 Å². The van der Waals surface area contributed by atoms with Gasteiger partial charge in [0.15, 0.2) is 0 Å². The fourth-order valence-electron chi connectivity index (χ4n) is 4.69. The first-order chi connectivity index (χ1) is 21.1. The lowest BCUT2D eigenvalue weighted by atomic mass is 10.0. The maximum atomic E-state index is 14.3. The van der Waals surface area contributed by atoms with E-state index in [1.165, 1.54) is 24.1 Å². The van der Waals surface area contributed by atoms with E-state index in [1.807, 2.05) is 37.3 Å². The van der Waals surface area contributed by atoms with Crippen LogP contribution >= 0.6 is 27.5 Å². The zero-order chi connectivity index (χ0) is 31.7. The highest BCUT2D eigenvalue weighted by molar-refractivity contribution is 9.10. The van der Waals surface area contributed by atoms with Gasteiger partial charge in [-0.3, -0.25) is 13.9 Å². The van der Waals surface area contributed by atoms with Gasteiger partial charge < -0.3 is 15.0 Å². The number of likely N-dealkylation sites (N-methyl/N-ethyl adjacent to an activating group) is 1. The molecule has 0 aliphatic carbocycles. The van der Waals surface area contributed by atoms with E-state index in [9.17, 15) is 18.0 Å². The summed E-state index contributed by atoms with van der Waals surface area (Å²) in [6.07, 6.45) is 0.218. The highest BCUT2D eigenvalue weighted by Crippen LogP contribution is 2.28. The van der Waals surface area contributed by atoms with Gasteiger partial charge in [0.1, 0.15) is 18.3 Å². The Kier molecular flexibility index (Phi) is 11.4. The maximum Gasteiger partial charge on any atom is 0.264 e. The second kappa shape index (κ2) is 15.2. The Balaban J connectivity index is 1.78. The summed E-state index contributed by atoms with van der Waals surface area (Å²) in [5.41, 5.74) is 1.80. The van der Waals surface area contributed by atoms with Gasteiger partial charge in [0.2, 0.25) is 11.8 Å². The summed E-state index contributed by atoms with van der Waals surface area (Å²) >= 11 is 9.61. The molecule has 1 N–H and O–H groups in total. The summed E-state index contributed by atoms with van der Waals surface area (Å²) in [5, 5.41) is 3.15. The first-order valence-electron chi connectivity index (χ1n) is 13.9. The summed E-state index contributed by atoms with van der Waals surface area (Å²) in [6, 6.07) is 28.1. The Morgan fingerprint density at radius 2 is 1.57 bits per heavy atom. The largest absolute Gasteiger partial charge is 0.494 e. The van der Waals surface area contributed by atoms with Crippen molar-refractivity contribution in [2.75, 3.05) is 24.5 Å². The predicted molar refractivity (Wildman–Crippen MR) is 176 cm³/mol. The number of carbonyl (C=O) groups is 2. The minimum absolute atomic E-state index is 0.0101. The Hall–Kier alpha value is -3.86. The molecule has 0 saturated carbocycles. The first-order valence-corrected chi connectivity index (χ1v) is 16.5. The average Bonchev–Trinajstić information content (AvgIpc) is 3.02. The van der Waals surface area contributed by atoms with Crippen LogP contribution in [0.5, 0.6) is 5.75 Å². The van der Waals surface area contributed by atoms with Crippen LogP contribution in [0.1, 0.15) is 18.1 Å². The van der Waals surface area contributed by atoms with Crippen molar-refractivity contribution >= 4 is 55.1 Å². The average molecular weight is 699 g/mol. The number of amides is 2. The monoisotopic (exact) mass is 697 g/mol. The first kappa shape index (κ1) is 33.0. The molecule has 0 fully saturated rings. The van der Waals surface area contributed by atoms with Crippen LogP contribution in [0.4, 0.5) is 5.69 Å². The third-order valence-corrected chi connectivity index (χ3v) is 9.43. The molecule has 0 radical (unpaired) electrons. The summed E-state index contributed by atoms with van der Waals surface area (Å²) in [5.74, 6) is -0.384. The number of carbonyl (C=O) groups excluding carboxylic acids is 2. The van der Waals surface area contributed by atoms with Gasteiger partial charge in [0.05, 0.1) is 17.2 Å². The van der Waals surface area contributed by atoms with Crippen molar-refractivity contribution in [3.05, 3.63) is 124 Å². The third-order valence-electron chi connectivity index (χ3n) is 6.88. The number of nitrogens with zero attached hydrogens (tertiary/aromatic N) is 2. The van der Waals surface area contributed by atoms with Gasteiger partial charge in [0, 0.05) is 29.5 Å². The standard InChI is InChI=1S/C33H33BrClN3O5S/c1-3-43-29-16-14-28(15-17-29)38(44(41,42)30-18-12-26(34)13-19-30)23-32(39)37(22-25-10-7-11-27(35)20-25)31(33(40)36-2)21-24-8-5-4-6-9-24/h4-20,31H,3,21-23H2,1-2H3,(H,36,40)/t31-/m1/s1. The highest BCUT2D eigenvalue weighted by Gasteiger charge is 2.34. The van der Waals surface area contributed by atoms with Gasteiger partial charge in [-0.15, -0.1) is 0 Å². The molecule has 0 heterocycles. The van der Waals surface area contributed by atoms with Gasteiger partial charge >= 0.3 is 0 Å². The van der Waals surface area contributed by atoms with Crippen molar-refractivity contribution in [2.24, 2.45) is 0 Å². The number of benzene rings is 4. The van der Waals surface area contributed by atoms with Gasteiger partial charge in [-0.1, -0.05) is 70.0 Å². The van der Waals surface area contributed by atoms with Crippen LogP contribution in [0.2, 0.25) is 5.02 Å². The zero-order valence-corrected chi connectivity index (χ0v) is 27.5. The molecule has 2 amide bonds.